The fraction of sp³-hybridized carbons (Fsp3) is 0.188. The number of aromatic hydroxyl groups is 1. The lowest BCUT2D eigenvalue weighted by atomic mass is 9.99. The molecule has 0 fully saturated rings. The molecule has 1 aliphatic rings. The Labute approximate surface area is 130 Å². The summed E-state index contributed by atoms with van der Waals surface area (Å²) in [5, 5.41) is 9.54. The second kappa shape index (κ2) is 5.48. The number of carbonyl (C=O) groups is 1. The topological polar surface area (TPSA) is 40.5 Å². The van der Waals surface area contributed by atoms with Gasteiger partial charge in [-0.25, -0.2) is 4.39 Å². The summed E-state index contributed by atoms with van der Waals surface area (Å²) in [4.78, 5) is 14.1. The molecule has 1 N–H and O–H groups in total. The van der Waals surface area contributed by atoms with Crippen LogP contribution in [0.5, 0.6) is 5.75 Å². The van der Waals surface area contributed by atoms with Gasteiger partial charge in [0.2, 0.25) is 0 Å². The molecule has 0 saturated carbocycles. The highest BCUT2D eigenvalue weighted by atomic mass is 79.9. The number of halogens is 2. The maximum atomic E-state index is 13.5. The van der Waals surface area contributed by atoms with Gasteiger partial charge in [0.1, 0.15) is 11.6 Å². The van der Waals surface area contributed by atoms with Crippen molar-refractivity contribution >= 4 is 21.8 Å². The molecule has 5 heteroatoms. The third-order valence-electron chi connectivity index (χ3n) is 3.66. The van der Waals surface area contributed by atoms with Crippen LogP contribution < -0.4 is 0 Å². The number of rotatable bonds is 1. The average molecular weight is 350 g/mol. The molecule has 108 valence electrons. The smallest absolute Gasteiger partial charge is 0.254 e. The first-order valence-corrected chi connectivity index (χ1v) is 7.39. The monoisotopic (exact) mass is 349 g/mol. The summed E-state index contributed by atoms with van der Waals surface area (Å²) < 4.78 is 13.9. The van der Waals surface area contributed by atoms with Crippen molar-refractivity contribution in [2.75, 3.05) is 6.54 Å². The minimum atomic E-state index is -0.448. The summed E-state index contributed by atoms with van der Waals surface area (Å²) in [6.07, 6.45) is 0.736. The molecular weight excluding hydrogens is 337 g/mol. The molecular formula is C16H13BrFNO2. The zero-order chi connectivity index (χ0) is 15.0. The summed E-state index contributed by atoms with van der Waals surface area (Å²) >= 11 is 3.08. The SMILES string of the molecule is O=C(c1ccc(Br)c(F)c1)N1CCc2ccc(O)cc2C1. The Bertz CT molecular complexity index is 717. The zero-order valence-electron chi connectivity index (χ0n) is 11.1. The van der Waals surface area contributed by atoms with Gasteiger partial charge >= 0.3 is 0 Å². The van der Waals surface area contributed by atoms with Crippen molar-refractivity contribution in [3.8, 4) is 5.75 Å². The molecule has 0 saturated heterocycles. The summed E-state index contributed by atoms with van der Waals surface area (Å²) in [5.41, 5.74) is 2.41. The standard InChI is InChI=1S/C16H13BrFNO2/c17-14-4-2-11(8-15(14)18)16(21)19-6-5-10-1-3-13(20)7-12(10)9-19/h1-4,7-8,20H,5-6,9H2. The van der Waals surface area contributed by atoms with Crippen LogP contribution in [0.4, 0.5) is 4.39 Å². The van der Waals surface area contributed by atoms with Crippen LogP contribution >= 0.6 is 15.9 Å². The fourth-order valence-electron chi connectivity index (χ4n) is 2.53. The first kappa shape index (κ1) is 14.1. The summed E-state index contributed by atoms with van der Waals surface area (Å²) in [6, 6.07) is 9.59. The van der Waals surface area contributed by atoms with Gasteiger partial charge in [0, 0.05) is 18.7 Å². The van der Waals surface area contributed by atoms with E-state index in [0.29, 0.717) is 23.1 Å². The van der Waals surface area contributed by atoms with Gasteiger partial charge in [-0.2, -0.15) is 0 Å². The van der Waals surface area contributed by atoms with Crippen molar-refractivity contribution in [3.05, 3.63) is 63.4 Å². The number of fused-ring (bicyclic) bond motifs is 1. The van der Waals surface area contributed by atoms with Gasteiger partial charge in [-0.15, -0.1) is 0 Å². The van der Waals surface area contributed by atoms with Gasteiger partial charge in [-0.1, -0.05) is 6.07 Å². The van der Waals surface area contributed by atoms with Crippen molar-refractivity contribution in [2.45, 2.75) is 13.0 Å². The molecule has 0 spiro atoms. The highest BCUT2D eigenvalue weighted by molar-refractivity contribution is 9.10. The van der Waals surface area contributed by atoms with E-state index in [9.17, 15) is 14.3 Å². The number of carbonyl (C=O) groups excluding carboxylic acids is 1. The van der Waals surface area contributed by atoms with Crippen LogP contribution in [0.15, 0.2) is 40.9 Å². The molecule has 0 atom stereocenters. The van der Waals surface area contributed by atoms with E-state index in [1.807, 2.05) is 6.07 Å². The number of amides is 1. The highest BCUT2D eigenvalue weighted by Crippen LogP contribution is 2.25. The van der Waals surface area contributed by atoms with Crippen LogP contribution in [0.2, 0.25) is 0 Å². The van der Waals surface area contributed by atoms with Gasteiger partial charge in [0.25, 0.3) is 5.91 Å². The quantitative estimate of drug-likeness (QED) is 0.855. The first-order chi connectivity index (χ1) is 10.0. The number of nitrogens with zero attached hydrogens (tertiary/aromatic N) is 1. The van der Waals surface area contributed by atoms with Gasteiger partial charge in [0.15, 0.2) is 0 Å². The second-order valence-electron chi connectivity index (χ2n) is 5.06. The van der Waals surface area contributed by atoms with Gasteiger partial charge in [-0.3, -0.25) is 4.79 Å². The lowest BCUT2D eigenvalue weighted by Crippen LogP contribution is -2.35. The molecule has 0 aliphatic carbocycles. The lowest BCUT2D eigenvalue weighted by molar-refractivity contribution is 0.0734. The van der Waals surface area contributed by atoms with Gasteiger partial charge in [0.05, 0.1) is 4.47 Å². The number of benzene rings is 2. The molecule has 3 nitrogen and oxygen atoms in total. The van der Waals surface area contributed by atoms with Gasteiger partial charge in [-0.05, 0) is 63.8 Å². The summed E-state index contributed by atoms with van der Waals surface area (Å²) in [6.45, 7) is 1.02. The molecule has 2 aromatic carbocycles. The number of hydrogen-bond acceptors (Lipinski definition) is 2. The normalized spacial score (nSPS) is 13.9. The predicted octanol–water partition coefficient (Wildman–Crippen LogP) is 3.49. The van der Waals surface area contributed by atoms with E-state index in [1.54, 1.807) is 23.1 Å². The van der Waals surface area contributed by atoms with Crippen molar-refractivity contribution in [1.82, 2.24) is 4.90 Å². The van der Waals surface area contributed by atoms with E-state index < -0.39 is 5.82 Å². The molecule has 0 bridgehead atoms. The molecule has 0 unspecified atom stereocenters. The molecule has 21 heavy (non-hydrogen) atoms. The zero-order valence-corrected chi connectivity index (χ0v) is 12.7. The van der Waals surface area contributed by atoms with Crippen molar-refractivity contribution in [3.63, 3.8) is 0 Å². The molecule has 1 amide bonds. The maximum Gasteiger partial charge on any atom is 0.254 e. The fourth-order valence-corrected chi connectivity index (χ4v) is 2.78. The van der Waals surface area contributed by atoms with E-state index in [-0.39, 0.29) is 11.7 Å². The lowest BCUT2D eigenvalue weighted by Gasteiger charge is -2.29. The molecule has 0 radical (unpaired) electrons. The largest absolute Gasteiger partial charge is 0.508 e. The number of phenolic OH excluding ortho intramolecular Hbond substituents is 1. The molecule has 3 rings (SSSR count). The van der Waals surface area contributed by atoms with E-state index in [4.69, 9.17) is 0 Å². The Morgan fingerprint density at radius 3 is 2.76 bits per heavy atom. The minimum absolute atomic E-state index is 0.192. The van der Waals surface area contributed by atoms with Crippen LogP contribution in [0.25, 0.3) is 0 Å². The second-order valence-corrected chi connectivity index (χ2v) is 5.91. The Balaban J connectivity index is 1.85. The molecule has 1 aliphatic heterocycles. The third-order valence-corrected chi connectivity index (χ3v) is 4.30. The van der Waals surface area contributed by atoms with E-state index >= 15 is 0 Å². The minimum Gasteiger partial charge on any atom is -0.508 e. The molecule has 1 heterocycles. The Kier molecular flexibility index (Phi) is 3.68. The Morgan fingerprint density at radius 1 is 1.19 bits per heavy atom. The van der Waals surface area contributed by atoms with E-state index in [0.717, 1.165) is 17.5 Å². The van der Waals surface area contributed by atoms with E-state index in [2.05, 4.69) is 15.9 Å². The van der Waals surface area contributed by atoms with Crippen LogP contribution in [-0.4, -0.2) is 22.5 Å². The first-order valence-electron chi connectivity index (χ1n) is 6.59. The Hall–Kier alpha value is -1.88. The predicted molar refractivity (Wildman–Crippen MR) is 80.7 cm³/mol. The van der Waals surface area contributed by atoms with Crippen LogP contribution in [0.1, 0.15) is 21.5 Å². The molecule has 2 aromatic rings. The number of hydrogen-bond donors (Lipinski definition) is 1. The van der Waals surface area contributed by atoms with Crippen molar-refractivity contribution < 1.29 is 14.3 Å². The van der Waals surface area contributed by atoms with Crippen LogP contribution in [0, 0.1) is 5.82 Å². The average Bonchev–Trinajstić information content (AvgIpc) is 2.48. The third kappa shape index (κ3) is 2.78. The highest BCUT2D eigenvalue weighted by Gasteiger charge is 2.22. The maximum absolute atomic E-state index is 13.5. The number of phenols is 1. The summed E-state index contributed by atoms with van der Waals surface area (Å²) in [5.74, 6) is -0.455. The molecule has 0 aromatic heterocycles. The van der Waals surface area contributed by atoms with Crippen LogP contribution in [-0.2, 0) is 13.0 Å². The summed E-state index contributed by atoms with van der Waals surface area (Å²) in [7, 11) is 0. The van der Waals surface area contributed by atoms with Crippen molar-refractivity contribution in [1.29, 1.82) is 0 Å². The van der Waals surface area contributed by atoms with E-state index in [1.165, 1.54) is 12.1 Å². The van der Waals surface area contributed by atoms with Gasteiger partial charge < -0.3 is 10.0 Å². The Morgan fingerprint density at radius 2 is 2.00 bits per heavy atom. The van der Waals surface area contributed by atoms with Crippen LogP contribution in [0.3, 0.4) is 0 Å². The van der Waals surface area contributed by atoms with Crippen molar-refractivity contribution in [2.24, 2.45) is 0 Å².